The van der Waals surface area contributed by atoms with E-state index in [9.17, 15) is 9.18 Å². The molecule has 0 aliphatic carbocycles. The van der Waals surface area contributed by atoms with E-state index in [1.807, 2.05) is 13.8 Å². The third-order valence-corrected chi connectivity index (χ3v) is 4.87. The van der Waals surface area contributed by atoms with Gasteiger partial charge in [-0.15, -0.1) is 0 Å². The molecule has 0 saturated heterocycles. The van der Waals surface area contributed by atoms with E-state index in [-0.39, 0.29) is 22.8 Å². The van der Waals surface area contributed by atoms with Crippen LogP contribution in [0.1, 0.15) is 26.8 Å². The van der Waals surface area contributed by atoms with Gasteiger partial charge in [0.15, 0.2) is 0 Å². The lowest BCUT2D eigenvalue weighted by molar-refractivity contribution is 0.191. The number of nitrogens with one attached hydrogen (secondary N) is 2. The minimum absolute atomic E-state index is 0.0413. The van der Waals surface area contributed by atoms with Crippen LogP contribution in [0.2, 0.25) is 5.02 Å². The molecular weight excluding hydrogens is 425 g/mol. The number of hydrogen-bond acceptors (Lipinski definition) is 6. The zero-order valence-corrected chi connectivity index (χ0v) is 18.0. The minimum Gasteiger partial charge on any atom is -0.465 e. The first-order chi connectivity index (χ1) is 14.7. The molecule has 31 heavy (non-hydrogen) atoms. The number of carboxylic acid groups (broad SMARTS) is 1. The highest BCUT2D eigenvalue weighted by Crippen LogP contribution is 2.38. The second-order valence-corrected chi connectivity index (χ2v) is 7.70. The number of halogens is 2. The van der Waals surface area contributed by atoms with Crippen LogP contribution in [0.4, 0.5) is 20.8 Å². The molecule has 0 spiro atoms. The lowest BCUT2D eigenvalue weighted by atomic mass is 10.0. The highest BCUT2D eigenvalue weighted by Gasteiger charge is 2.20. The van der Waals surface area contributed by atoms with E-state index < -0.39 is 11.9 Å². The van der Waals surface area contributed by atoms with Gasteiger partial charge < -0.3 is 21.5 Å². The summed E-state index contributed by atoms with van der Waals surface area (Å²) in [6, 6.07) is 3.84. The van der Waals surface area contributed by atoms with E-state index in [0.717, 1.165) is 6.07 Å². The number of nitrogens with two attached hydrogens (primary N) is 1. The molecule has 0 bridgehead atoms. The molecular formula is C20H23ClFN7O2. The first-order valence-corrected chi connectivity index (χ1v) is 9.94. The number of anilines is 2. The maximum Gasteiger partial charge on any atom is 0.404 e. The van der Waals surface area contributed by atoms with Crippen LogP contribution in [0, 0.1) is 5.82 Å². The van der Waals surface area contributed by atoms with Crippen molar-refractivity contribution in [2.24, 2.45) is 0 Å². The van der Waals surface area contributed by atoms with Crippen molar-refractivity contribution in [3.8, 4) is 22.5 Å². The molecule has 0 fully saturated rings. The molecule has 2 aromatic heterocycles. The molecule has 0 saturated carbocycles. The van der Waals surface area contributed by atoms with E-state index in [4.69, 9.17) is 22.4 Å². The average molecular weight is 448 g/mol. The van der Waals surface area contributed by atoms with Gasteiger partial charge in [0, 0.05) is 42.1 Å². The van der Waals surface area contributed by atoms with E-state index in [1.54, 1.807) is 30.1 Å². The van der Waals surface area contributed by atoms with Crippen molar-refractivity contribution in [2.45, 2.75) is 32.9 Å². The summed E-state index contributed by atoms with van der Waals surface area (Å²) in [6.45, 7) is 5.93. The zero-order valence-electron chi connectivity index (χ0n) is 17.2. The van der Waals surface area contributed by atoms with Gasteiger partial charge in [0.1, 0.15) is 11.5 Å². The van der Waals surface area contributed by atoms with Gasteiger partial charge in [-0.3, -0.25) is 4.68 Å². The molecule has 1 aromatic carbocycles. The van der Waals surface area contributed by atoms with Crippen LogP contribution in [0.15, 0.2) is 30.6 Å². The molecule has 2 heterocycles. The molecule has 11 heteroatoms. The van der Waals surface area contributed by atoms with E-state index in [0.29, 0.717) is 35.0 Å². The molecule has 1 unspecified atom stereocenters. The fourth-order valence-electron chi connectivity index (χ4n) is 2.93. The molecule has 5 N–H and O–H groups in total. The molecule has 0 aliphatic rings. The molecule has 164 valence electrons. The van der Waals surface area contributed by atoms with Crippen molar-refractivity contribution < 1.29 is 14.3 Å². The quantitative estimate of drug-likeness (QED) is 0.402. The van der Waals surface area contributed by atoms with E-state index in [1.165, 1.54) is 6.07 Å². The van der Waals surface area contributed by atoms with Crippen molar-refractivity contribution in [3.05, 3.63) is 41.4 Å². The van der Waals surface area contributed by atoms with Gasteiger partial charge in [0.2, 0.25) is 5.95 Å². The van der Waals surface area contributed by atoms with E-state index in [2.05, 4.69) is 25.7 Å². The van der Waals surface area contributed by atoms with Gasteiger partial charge >= 0.3 is 6.09 Å². The number of hydrogen-bond donors (Lipinski definition) is 4. The Morgan fingerprint density at radius 1 is 1.32 bits per heavy atom. The Morgan fingerprint density at radius 2 is 2.06 bits per heavy atom. The van der Waals surface area contributed by atoms with Gasteiger partial charge in [-0.2, -0.15) is 5.10 Å². The maximum atomic E-state index is 14.1. The number of amides is 1. The number of nitrogens with zero attached hydrogens (tertiary/aromatic N) is 4. The van der Waals surface area contributed by atoms with Crippen LogP contribution in [-0.4, -0.2) is 43.5 Å². The van der Waals surface area contributed by atoms with Gasteiger partial charge in [-0.1, -0.05) is 11.6 Å². The van der Waals surface area contributed by atoms with Crippen LogP contribution < -0.4 is 16.4 Å². The van der Waals surface area contributed by atoms with Crippen molar-refractivity contribution in [1.29, 1.82) is 0 Å². The first kappa shape index (κ1) is 22.3. The summed E-state index contributed by atoms with van der Waals surface area (Å²) in [4.78, 5) is 19.4. The van der Waals surface area contributed by atoms with Crippen LogP contribution >= 0.6 is 11.6 Å². The van der Waals surface area contributed by atoms with E-state index >= 15 is 0 Å². The molecule has 3 aromatic rings. The van der Waals surface area contributed by atoms with Crippen LogP contribution in [0.3, 0.4) is 0 Å². The Morgan fingerprint density at radius 3 is 2.74 bits per heavy atom. The molecule has 0 radical (unpaired) electrons. The topological polar surface area (TPSA) is 131 Å². The Balaban J connectivity index is 2.01. The van der Waals surface area contributed by atoms with Gasteiger partial charge in [-0.25, -0.2) is 19.2 Å². The fourth-order valence-corrected chi connectivity index (χ4v) is 3.12. The Bertz CT molecular complexity index is 1100. The number of nitrogen functional groups attached to an aromatic ring is 1. The normalized spacial score (nSPS) is 12.1. The predicted molar refractivity (Wildman–Crippen MR) is 118 cm³/mol. The summed E-state index contributed by atoms with van der Waals surface area (Å²) in [5.41, 5.74) is 7.94. The van der Waals surface area contributed by atoms with Crippen LogP contribution in [-0.2, 0) is 0 Å². The van der Waals surface area contributed by atoms with Crippen LogP contribution in [0.25, 0.3) is 22.5 Å². The van der Waals surface area contributed by atoms with Gasteiger partial charge in [0.25, 0.3) is 0 Å². The first-order valence-electron chi connectivity index (χ1n) is 9.56. The molecule has 3 rings (SSSR count). The predicted octanol–water partition coefficient (Wildman–Crippen LogP) is 4.03. The maximum absolute atomic E-state index is 14.1. The lowest BCUT2D eigenvalue weighted by Gasteiger charge is -2.12. The smallest absolute Gasteiger partial charge is 0.404 e. The largest absolute Gasteiger partial charge is 0.465 e. The standard InChI is InChI=1S/C20H23ClFN7O2/c1-10(2)29-9-14(18(28-29)13-6-12(22)7-15(23)17(13)21)16-4-5-24-19(27-16)25-8-11(3)26-20(30)31/h4-7,9-11,26H,8,23H2,1-3H3,(H,30,31)(H,24,25,27). The molecule has 9 nitrogen and oxygen atoms in total. The molecule has 0 aliphatic heterocycles. The number of carbonyl (C=O) groups is 1. The summed E-state index contributed by atoms with van der Waals surface area (Å²) in [5, 5.41) is 18.9. The second kappa shape index (κ2) is 9.17. The summed E-state index contributed by atoms with van der Waals surface area (Å²) >= 11 is 6.36. The summed E-state index contributed by atoms with van der Waals surface area (Å²) in [5.74, 6) is -0.212. The van der Waals surface area contributed by atoms with Crippen molar-refractivity contribution in [3.63, 3.8) is 0 Å². The highest BCUT2D eigenvalue weighted by atomic mass is 35.5. The average Bonchev–Trinajstić information content (AvgIpc) is 3.14. The minimum atomic E-state index is -1.11. The molecule has 1 amide bonds. The Labute approximate surface area is 183 Å². The van der Waals surface area contributed by atoms with Gasteiger partial charge in [0.05, 0.1) is 16.4 Å². The number of benzene rings is 1. The summed E-state index contributed by atoms with van der Waals surface area (Å²) < 4.78 is 15.8. The number of aromatic nitrogens is 4. The monoisotopic (exact) mass is 447 g/mol. The third-order valence-electron chi connectivity index (χ3n) is 4.45. The van der Waals surface area contributed by atoms with Gasteiger partial charge in [-0.05, 0) is 39.0 Å². The summed E-state index contributed by atoms with van der Waals surface area (Å²) in [7, 11) is 0. The fraction of sp³-hybridized carbons (Fsp3) is 0.300. The number of rotatable bonds is 7. The molecule has 1 atom stereocenters. The Kier molecular flexibility index (Phi) is 6.59. The van der Waals surface area contributed by atoms with Crippen molar-refractivity contribution in [1.82, 2.24) is 25.1 Å². The second-order valence-electron chi connectivity index (χ2n) is 7.32. The van der Waals surface area contributed by atoms with Crippen molar-refractivity contribution in [2.75, 3.05) is 17.6 Å². The van der Waals surface area contributed by atoms with Crippen LogP contribution in [0.5, 0.6) is 0 Å². The zero-order chi connectivity index (χ0) is 22.7. The van der Waals surface area contributed by atoms with Crippen molar-refractivity contribution >= 4 is 29.3 Å². The SMILES string of the molecule is CC(CNc1nccc(-c2cn(C(C)C)nc2-c2cc(F)cc(N)c2Cl)n1)NC(=O)O. The highest BCUT2D eigenvalue weighted by molar-refractivity contribution is 6.35. The third kappa shape index (κ3) is 5.21. The summed E-state index contributed by atoms with van der Waals surface area (Å²) in [6.07, 6.45) is 2.26. The lowest BCUT2D eigenvalue weighted by Crippen LogP contribution is -2.36. The Hall–Kier alpha value is -3.40.